The minimum atomic E-state index is -4.17. The summed E-state index contributed by atoms with van der Waals surface area (Å²) in [4.78, 5) is 24.7. The smallest absolute Gasteiger partial charge is 0.349 e. The summed E-state index contributed by atoms with van der Waals surface area (Å²) in [6, 6.07) is 1.03. The minimum absolute atomic E-state index is 0.0340. The van der Waals surface area contributed by atoms with Gasteiger partial charge in [-0.15, -0.1) is 11.6 Å². The monoisotopic (exact) mass is 433 g/mol. The van der Waals surface area contributed by atoms with Crippen LogP contribution in [-0.4, -0.2) is 35.8 Å². The molecule has 4 atom stereocenters. The van der Waals surface area contributed by atoms with Crippen molar-refractivity contribution in [3.8, 4) is 0 Å². The Balaban J connectivity index is 1.87. The van der Waals surface area contributed by atoms with Crippen molar-refractivity contribution in [3.63, 3.8) is 0 Å². The van der Waals surface area contributed by atoms with E-state index in [4.69, 9.17) is 11.6 Å². The first kappa shape index (κ1) is 21.6. The van der Waals surface area contributed by atoms with Crippen LogP contribution in [0.2, 0.25) is 0 Å². The molecule has 3 rings (SSSR count). The van der Waals surface area contributed by atoms with Gasteiger partial charge in [-0.3, -0.25) is 9.59 Å². The fourth-order valence-corrected chi connectivity index (χ4v) is 4.35. The fourth-order valence-electron chi connectivity index (χ4n) is 3.88. The van der Waals surface area contributed by atoms with Crippen LogP contribution >= 0.6 is 11.6 Å². The molecule has 29 heavy (non-hydrogen) atoms. The first-order valence-electron chi connectivity index (χ1n) is 9.07. The van der Waals surface area contributed by atoms with Crippen LogP contribution in [0.25, 0.3) is 0 Å². The molecule has 158 valence electrons. The molecule has 0 spiro atoms. The van der Waals surface area contributed by atoms with Crippen LogP contribution in [0.5, 0.6) is 0 Å². The number of hydrogen-bond donors (Lipinski definition) is 3. The Hall–Kier alpha value is -2.13. The van der Waals surface area contributed by atoms with Gasteiger partial charge in [-0.1, -0.05) is 11.6 Å². The van der Waals surface area contributed by atoms with Crippen LogP contribution in [0.15, 0.2) is 29.3 Å². The van der Waals surface area contributed by atoms with Crippen LogP contribution in [0.1, 0.15) is 31.9 Å². The van der Waals surface area contributed by atoms with Gasteiger partial charge in [0.05, 0.1) is 17.1 Å². The highest BCUT2D eigenvalue weighted by Crippen LogP contribution is 2.39. The number of hydrogen-bond acceptors (Lipinski definition) is 3. The number of rotatable bonds is 4. The molecule has 1 aromatic rings. The molecule has 5 nitrogen and oxygen atoms in total. The molecule has 0 aliphatic carbocycles. The number of piperidine rings is 1. The van der Waals surface area contributed by atoms with Crippen LogP contribution < -0.4 is 16.0 Å². The van der Waals surface area contributed by atoms with E-state index in [9.17, 15) is 27.2 Å². The lowest BCUT2D eigenvalue weighted by Gasteiger charge is -2.42. The number of fused-ring (bicyclic) bond motifs is 1. The van der Waals surface area contributed by atoms with Crippen LogP contribution in [0, 0.1) is 17.6 Å². The van der Waals surface area contributed by atoms with E-state index in [0.29, 0.717) is 19.0 Å². The maximum atomic E-state index is 15.0. The second-order valence-electron chi connectivity index (χ2n) is 7.24. The lowest BCUT2D eigenvalue weighted by molar-refractivity contribution is -0.145. The lowest BCUT2D eigenvalue weighted by Crippen LogP contribution is -2.59. The predicted octanol–water partition coefficient (Wildman–Crippen LogP) is 2.77. The zero-order valence-electron chi connectivity index (χ0n) is 15.7. The van der Waals surface area contributed by atoms with Crippen molar-refractivity contribution < 1.29 is 27.2 Å². The molecular formula is C19H20ClF4N3O2. The van der Waals surface area contributed by atoms with Crippen molar-refractivity contribution in [1.82, 2.24) is 16.0 Å². The first-order valence-corrected chi connectivity index (χ1v) is 9.51. The van der Waals surface area contributed by atoms with Crippen molar-refractivity contribution in [3.05, 3.63) is 46.5 Å². The summed E-state index contributed by atoms with van der Waals surface area (Å²) in [5, 5.41) is 7.47. The Kier molecular flexibility index (Phi) is 5.91. The van der Waals surface area contributed by atoms with Gasteiger partial charge in [-0.05, 0) is 32.9 Å². The summed E-state index contributed by atoms with van der Waals surface area (Å²) in [6.07, 6.45) is 0.517. The number of carbonyl (C=O) groups excluding carboxylic acids is 2. The largest absolute Gasteiger partial charge is 0.354 e. The Morgan fingerprint density at radius 3 is 2.69 bits per heavy atom. The quantitative estimate of drug-likeness (QED) is 0.388. The molecule has 3 N–H and O–H groups in total. The third kappa shape index (κ3) is 3.98. The third-order valence-corrected chi connectivity index (χ3v) is 5.78. The summed E-state index contributed by atoms with van der Waals surface area (Å²) in [5.41, 5.74) is -1.76. The molecular weight excluding hydrogens is 414 g/mol. The van der Waals surface area contributed by atoms with Crippen molar-refractivity contribution in [2.75, 3.05) is 6.54 Å². The fraction of sp³-hybridized carbons (Fsp3) is 0.474. The van der Waals surface area contributed by atoms with Gasteiger partial charge in [-0.25, -0.2) is 8.78 Å². The summed E-state index contributed by atoms with van der Waals surface area (Å²) in [6.45, 7) is 3.16. The topological polar surface area (TPSA) is 70.2 Å². The number of carbonyl (C=O) groups is 2. The highest BCUT2D eigenvalue weighted by atomic mass is 35.5. The summed E-state index contributed by atoms with van der Waals surface area (Å²) in [7, 11) is 0. The Morgan fingerprint density at radius 2 is 2.03 bits per heavy atom. The van der Waals surface area contributed by atoms with Gasteiger partial charge in [0.2, 0.25) is 0 Å². The Bertz CT molecular complexity index is 877. The average Bonchev–Trinajstić information content (AvgIpc) is 2.60. The molecule has 1 saturated heterocycles. The molecule has 0 radical (unpaired) electrons. The molecule has 0 saturated carbocycles. The molecule has 0 bridgehead atoms. The van der Waals surface area contributed by atoms with E-state index in [2.05, 4.69) is 10.6 Å². The number of alkyl halides is 3. The molecule has 1 fully saturated rings. The molecule has 3 unspecified atom stereocenters. The van der Waals surface area contributed by atoms with Crippen molar-refractivity contribution >= 4 is 23.4 Å². The van der Waals surface area contributed by atoms with Crippen molar-refractivity contribution in [2.45, 2.75) is 43.8 Å². The summed E-state index contributed by atoms with van der Waals surface area (Å²) >= 11 is 6.21. The number of amides is 2. The van der Waals surface area contributed by atoms with E-state index in [-0.39, 0.29) is 11.1 Å². The van der Waals surface area contributed by atoms with E-state index in [1.807, 2.05) is 5.32 Å². The maximum Gasteiger partial charge on any atom is 0.354 e. The highest BCUT2D eigenvalue weighted by Gasteiger charge is 2.52. The number of halogens is 5. The van der Waals surface area contributed by atoms with Gasteiger partial charge >= 0.3 is 5.92 Å². The van der Waals surface area contributed by atoms with Crippen molar-refractivity contribution in [1.29, 1.82) is 0 Å². The molecule has 1 aromatic carbocycles. The van der Waals surface area contributed by atoms with Gasteiger partial charge in [0.15, 0.2) is 0 Å². The zero-order chi connectivity index (χ0) is 21.5. The molecule has 0 aromatic heterocycles. The van der Waals surface area contributed by atoms with E-state index in [0.717, 1.165) is 12.1 Å². The van der Waals surface area contributed by atoms with E-state index < -0.39 is 58.4 Å². The predicted molar refractivity (Wildman–Crippen MR) is 98.2 cm³/mol. The van der Waals surface area contributed by atoms with E-state index in [1.54, 1.807) is 0 Å². The second-order valence-corrected chi connectivity index (χ2v) is 7.71. The molecule has 2 aliphatic heterocycles. The van der Waals surface area contributed by atoms with Gasteiger partial charge in [-0.2, -0.15) is 8.78 Å². The van der Waals surface area contributed by atoms with Gasteiger partial charge < -0.3 is 16.0 Å². The molecule has 10 heteroatoms. The average molecular weight is 434 g/mol. The first-order chi connectivity index (χ1) is 13.5. The van der Waals surface area contributed by atoms with Gasteiger partial charge in [0.1, 0.15) is 11.6 Å². The van der Waals surface area contributed by atoms with Crippen molar-refractivity contribution in [2.24, 2.45) is 5.92 Å². The Labute approximate surface area is 169 Å². The van der Waals surface area contributed by atoms with E-state index in [1.165, 1.54) is 13.8 Å². The third-order valence-electron chi connectivity index (χ3n) is 5.36. The number of benzene rings is 1. The van der Waals surface area contributed by atoms with Gasteiger partial charge in [0, 0.05) is 23.6 Å². The summed E-state index contributed by atoms with van der Waals surface area (Å²) in [5.74, 6) is -9.36. The number of nitrogens with one attached hydrogen (secondary N) is 3. The zero-order valence-corrected chi connectivity index (χ0v) is 16.4. The lowest BCUT2D eigenvalue weighted by atomic mass is 9.79. The standard InChI is InChI=1S/C19H20ClF4N3O2/c1-8-14-13(5-6-25-16(14)20)27-17(28)15(8)19(23,24)18(29)26-9(2)11-4-3-10(21)7-12(11)22/h3-4,7,9,13-14,16,25H,5-6H2,1-2H3,(H,26,29)(H,27,28)/t9-,13?,14?,16?/m0/s1. The van der Waals surface area contributed by atoms with Crippen LogP contribution in [0.3, 0.4) is 0 Å². The van der Waals surface area contributed by atoms with Crippen LogP contribution in [0.4, 0.5) is 17.6 Å². The minimum Gasteiger partial charge on any atom is -0.349 e. The van der Waals surface area contributed by atoms with Crippen LogP contribution in [-0.2, 0) is 9.59 Å². The highest BCUT2D eigenvalue weighted by molar-refractivity contribution is 6.21. The molecule has 2 heterocycles. The SMILES string of the molecule is CC1=C(C(F)(F)C(=O)N[C@@H](C)c2ccc(F)cc2F)C(=O)NC2CCNC(Cl)C12. The van der Waals surface area contributed by atoms with Gasteiger partial charge in [0.25, 0.3) is 11.8 Å². The summed E-state index contributed by atoms with van der Waals surface area (Å²) < 4.78 is 56.9. The second kappa shape index (κ2) is 7.95. The molecule has 2 amide bonds. The maximum absolute atomic E-state index is 15.0. The molecule has 2 aliphatic rings. The Morgan fingerprint density at radius 1 is 1.34 bits per heavy atom. The normalized spacial score (nSPS) is 25.9. The van der Waals surface area contributed by atoms with E-state index >= 15 is 0 Å².